The summed E-state index contributed by atoms with van der Waals surface area (Å²) in [7, 11) is 1.57. The summed E-state index contributed by atoms with van der Waals surface area (Å²) in [5.41, 5.74) is 2.99. The molecule has 0 aliphatic rings. The number of pyridine rings is 1. The summed E-state index contributed by atoms with van der Waals surface area (Å²) in [5.74, 6) is 1.84. The van der Waals surface area contributed by atoms with Crippen molar-refractivity contribution in [2.45, 2.75) is 17.6 Å². The lowest BCUT2D eigenvalue weighted by atomic mass is 10.2. The number of nitrogens with one attached hydrogen (secondary N) is 1. The van der Waals surface area contributed by atoms with E-state index in [-0.39, 0.29) is 5.91 Å². The van der Waals surface area contributed by atoms with Crippen molar-refractivity contribution in [2.24, 2.45) is 0 Å². The third kappa shape index (κ3) is 4.89. The molecule has 156 valence electrons. The molecule has 0 aliphatic carbocycles. The predicted octanol–water partition coefficient (Wildman–Crippen LogP) is 3.92. The highest BCUT2D eigenvalue weighted by Gasteiger charge is 2.13. The molecule has 0 saturated heterocycles. The minimum Gasteiger partial charge on any atom is -0.494 e. The summed E-state index contributed by atoms with van der Waals surface area (Å²) in [6.45, 7) is 1.79. The molecule has 0 bridgehead atoms. The fourth-order valence-electron chi connectivity index (χ4n) is 2.94. The maximum atomic E-state index is 12.7. The predicted molar refractivity (Wildman–Crippen MR) is 119 cm³/mol. The van der Waals surface area contributed by atoms with Crippen LogP contribution in [0.3, 0.4) is 0 Å². The van der Waals surface area contributed by atoms with Gasteiger partial charge in [0, 0.05) is 34.3 Å². The van der Waals surface area contributed by atoms with E-state index in [4.69, 9.17) is 4.74 Å². The molecule has 4 rings (SSSR count). The second-order valence-corrected chi connectivity index (χ2v) is 7.70. The lowest BCUT2D eigenvalue weighted by Gasteiger charge is -2.12. The fraction of sp³-hybridized carbons (Fsp3) is 0.136. The first-order chi connectivity index (χ1) is 15.1. The molecule has 1 amide bonds. The van der Waals surface area contributed by atoms with Gasteiger partial charge in [-0.1, -0.05) is 6.07 Å². The van der Waals surface area contributed by atoms with Crippen molar-refractivity contribution in [3.05, 3.63) is 83.9 Å². The molecule has 0 atom stereocenters. The van der Waals surface area contributed by atoms with Crippen LogP contribution in [-0.4, -0.2) is 38.2 Å². The second kappa shape index (κ2) is 9.40. The molecular formula is C22H20N6O2S. The zero-order chi connectivity index (χ0) is 21.6. The van der Waals surface area contributed by atoms with Crippen LogP contribution in [0, 0.1) is 6.92 Å². The minimum atomic E-state index is -0.201. The number of anilines is 1. The van der Waals surface area contributed by atoms with Crippen molar-refractivity contribution in [1.82, 2.24) is 25.2 Å². The Bertz CT molecular complexity index is 1180. The van der Waals surface area contributed by atoms with Gasteiger partial charge in [-0.25, -0.2) is 0 Å². The van der Waals surface area contributed by atoms with Crippen LogP contribution in [0.4, 0.5) is 5.69 Å². The van der Waals surface area contributed by atoms with E-state index >= 15 is 0 Å². The summed E-state index contributed by atoms with van der Waals surface area (Å²) in [4.78, 5) is 17.9. The highest BCUT2D eigenvalue weighted by Crippen LogP contribution is 2.27. The molecule has 0 fully saturated rings. The van der Waals surface area contributed by atoms with Crippen molar-refractivity contribution in [2.75, 3.05) is 12.4 Å². The summed E-state index contributed by atoms with van der Waals surface area (Å²) in [5, 5.41) is 14.5. The maximum Gasteiger partial charge on any atom is 0.255 e. The Morgan fingerprint density at radius 2 is 2.00 bits per heavy atom. The molecule has 0 aliphatic heterocycles. The number of carbonyl (C=O) groups is 1. The van der Waals surface area contributed by atoms with E-state index in [9.17, 15) is 4.79 Å². The van der Waals surface area contributed by atoms with Crippen LogP contribution in [0.2, 0.25) is 0 Å². The first-order valence-corrected chi connectivity index (χ1v) is 10.5. The number of hydrogen-bond donors (Lipinski definition) is 1. The van der Waals surface area contributed by atoms with Gasteiger partial charge in [0.2, 0.25) is 0 Å². The number of nitrogens with zero attached hydrogens (tertiary/aromatic N) is 5. The van der Waals surface area contributed by atoms with Gasteiger partial charge in [0.25, 0.3) is 5.91 Å². The number of aryl methyl sites for hydroxylation is 1. The number of tetrazole rings is 1. The van der Waals surface area contributed by atoms with Gasteiger partial charge in [-0.2, -0.15) is 4.68 Å². The van der Waals surface area contributed by atoms with Crippen LogP contribution in [-0.2, 0) is 5.75 Å². The standard InChI is InChI=1S/C22H20N6O2S/c1-15-25-26-27-28(15)20-12-18(7-10-21(20)30-2)24-22(29)17-5-8-19(9-6-17)31-14-16-4-3-11-23-13-16/h3-13H,14H2,1-2H3,(H,24,29). The van der Waals surface area contributed by atoms with Gasteiger partial charge in [0.05, 0.1) is 7.11 Å². The SMILES string of the molecule is COc1ccc(NC(=O)c2ccc(SCc3cccnc3)cc2)cc1-n1nnnc1C. The summed E-state index contributed by atoms with van der Waals surface area (Å²) in [6, 6.07) is 16.8. The summed E-state index contributed by atoms with van der Waals surface area (Å²) < 4.78 is 6.96. The smallest absolute Gasteiger partial charge is 0.255 e. The normalized spacial score (nSPS) is 10.6. The van der Waals surface area contributed by atoms with Gasteiger partial charge in [0.15, 0.2) is 5.82 Å². The van der Waals surface area contributed by atoms with Gasteiger partial charge in [-0.05, 0) is 71.4 Å². The van der Waals surface area contributed by atoms with E-state index in [1.165, 1.54) is 0 Å². The molecule has 2 aromatic carbocycles. The molecule has 2 heterocycles. The van der Waals surface area contributed by atoms with E-state index in [2.05, 4.69) is 25.8 Å². The maximum absolute atomic E-state index is 12.7. The zero-order valence-electron chi connectivity index (χ0n) is 17.0. The largest absolute Gasteiger partial charge is 0.494 e. The van der Waals surface area contributed by atoms with Crippen LogP contribution in [0.1, 0.15) is 21.7 Å². The zero-order valence-corrected chi connectivity index (χ0v) is 17.8. The first kappa shape index (κ1) is 20.5. The molecule has 9 heteroatoms. The molecular weight excluding hydrogens is 412 g/mol. The number of methoxy groups -OCH3 is 1. The lowest BCUT2D eigenvalue weighted by molar-refractivity contribution is 0.102. The molecule has 0 spiro atoms. The number of ether oxygens (including phenoxy) is 1. The van der Waals surface area contributed by atoms with Gasteiger partial charge in [-0.3, -0.25) is 9.78 Å². The Balaban J connectivity index is 1.45. The highest BCUT2D eigenvalue weighted by atomic mass is 32.2. The van der Waals surface area contributed by atoms with E-state index < -0.39 is 0 Å². The first-order valence-electron chi connectivity index (χ1n) is 9.50. The third-order valence-electron chi connectivity index (χ3n) is 4.54. The van der Waals surface area contributed by atoms with Crippen molar-refractivity contribution in [3.8, 4) is 11.4 Å². The van der Waals surface area contributed by atoms with Crippen LogP contribution >= 0.6 is 11.8 Å². The molecule has 0 radical (unpaired) electrons. The van der Waals surface area contributed by atoms with Gasteiger partial charge >= 0.3 is 0 Å². The van der Waals surface area contributed by atoms with E-state index in [0.29, 0.717) is 28.5 Å². The van der Waals surface area contributed by atoms with Crippen molar-refractivity contribution in [3.63, 3.8) is 0 Å². The quantitative estimate of drug-likeness (QED) is 0.442. The molecule has 4 aromatic rings. The summed E-state index contributed by atoms with van der Waals surface area (Å²) in [6.07, 6.45) is 3.62. The molecule has 0 unspecified atom stereocenters. The van der Waals surface area contributed by atoms with Gasteiger partial charge in [0.1, 0.15) is 11.4 Å². The topological polar surface area (TPSA) is 94.8 Å². The monoisotopic (exact) mass is 432 g/mol. The number of carbonyl (C=O) groups excluding carboxylic acids is 1. The Morgan fingerprint density at radius 3 is 2.68 bits per heavy atom. The van der Waals surface area contributed by atoms with Crippen molar-refractivity contribution >= 4 is 23.4 Å². The Kier molecular flexibility index (Phi) is 6.23. The number of thioether (sulfide) groups is 1. The number of rotatable bonds is 7. The second-order valence-electron chi connectivity index (χ2n) is 6.65. The minimum absolute atomic E-state index is 0.201. The van der Waals surface area contributed by atoms with Crippen LogP contribution < -0.4 is 10.1 Å². The summed E-state index contributed by atoms with van der Waals surface area (Å²) >= 11 is 1.70. The number of amides is 1. The number of benzene rings is 2. The molecule has 0 saturated carbocycles. The lowest BCUT2D eigenvalue weighted by Crippen LogP contribution is -2.12. The molecule has 31 heavy (non-hydrogen) atoms. The van der Waals surface area contributed by atoms with E-state index in [1.807, 2.05) is 42.6 Å². The van der Waals surface area contributed by atoms with Crippen LogP contribution in [0.25, 0.3) is 5.69 Å². The van der Waals surface area contributed by atoms with Crippen molar-refractivity contribution in [1.29, 1.82) is 0 Å². The Morgan fingerprint density at radius 1 is 1.16 bits per heavy atom. The third-order valence-corrected chi connectivity index (χ3v) is 5.62. The molecule has 8 nitrogen and oxygen atoms in total. The van der Waals surface area contributed by atoms with Crippen LogP contribution in [0.15, 0.2) is 71.9 Å². The molecule has 2 aromatic heterocycles. The average molecular weight is 433 g/mol. The van der Waals surface area contributed by atoms with Gasteiger partial charge < -0.3 is 10.1 Å². The number of aromatic nitrogens is 5. The van der Waals surface area contributed by atoms with Crippen molar-refractivity contribution < 1.29 is 9.53 Å². The Labute approximate surface area is 183 Å². The highest BCUT2D eigenvalue weighted by molar-refractivity contribution is 7.98. The Hall–Kier alpha value is -3.72. The number of hydrogen-bond acceptors (Lipinski definition) is 7. The van der Waals surface area contributed by atoms with Crippen LogP contribution in [0.5, 0.6) is 5.75 Å². The van der Waals surface area contributed by atoms with E-state index in [1.54, 1.807) is 54.9 Å². The fourth-order valence-corrected chi connectivity index (χ4v) is 3.78. The molecule has 1 N–H and O–H groups in total. The van der Waals surface area contributed by atoms with Gasteiger partial charge in [-0.15, -0.1) is 16.9 Å². The van der Waals surface area contributed by atoms with E-state index in [0.717, 1.165) is 16.2 Å². The average Bonchev–Trinajstić information content (AvgIpc) is 3.24.